The molecule has 0 aliphatic heterocycles. The van der Waals surface area contributed by atoms with E-state index in [1.54, 1.807) is 0 Å². The van der Waals surface area contributed by atoms with Crippen molar-refractivity contribution in [1.82, 2.24) is 0 Å². The molecular formula is C19H17BBrNP+. The summed E-state index contributed by atoms with van der Waals surface area (Å²) in [5, 5.41) is 5.92. The van der Waals surface area contributed by atoms with Gasteiger partial charge in [-0.3, -0.25) is 0 Å². The van der Waals surface area contributed by atoms with Crippen molar-refractivity contribution in [3.05, 3.63) is 89.4 Å². The van der Waals surface area contributed by atoms with E-state index < -0.39 is 7.14 Å². The van der Waals surface area contributed by atoms with Crippen LogP contribution < -0.4 is 15.9 Å². The molecule has 3 rings (SSSR count). The number of halogens is 1. The molecule has 0 fully saturated rings. The highest BCUT2D eigenvalue weighted by atomic mass is 79.9. The zero-order chi connectivity index (χ0) is 16.1. The lowest BCUT2D eigenvalue weighted by Crippen LogP contribution is -2.27. The van der Waals surface area contributed by atoms with E-state index in [1.807, 2.05) is 24.3 Å². The Morgan fingerprint density at radius 1 is 0.739 bits per heavy atom. The highest BCUT2D eigenvalue weighted by Gasteiger charge is 2.37. The molecule has 0 aromatic heterocycles. The zero-order valence-electron chi connectivity index (χ0n) is 12.7. The first-order chi connectivity index (χ1) is 11.2. The van der Waals surface area contributed by atoms with Gasteiger partial charge in [-0.25, -0.2) is 0 Å². The molecule has 112 valence electrons. The van der Waals surface area contributed by atoms with Crippen molar-refractivity contribution in [3.63, 3.8) is 0 Å². The van der Waals surface area contributed by atoms with Crippen molar-refractivity contribution >= 4 is 46.9 Å². The first kappa shape index (κ1) is 16.3. The van der Waals surface area contributed by atoms with Crippen LogP contribution in [0.4, 0.5) is 5.69 Å². The molecule has 1 nitrogen and oxygen atoms in total. The van der Waals surface area contributed by atoms with Crippen LogP contribution >= 0.6 is 23.1 Å². The summed E-state index contributed by atoms with van der Waals surface area (Å²) in [6.07, 6.45) is 0.725. The van der Waals surface area contributed by atoms with Crippen molar-refractivity contribution in [2.75, 3.05) is 11.6 Å². The Bertz CT molecular complexity index is 708. The van der Waals surface area contributed by atoms with Crippen LogP contribution in [0.3, 0.4) is 0 Å². The highest BCUT2D eigenvalue weighted by molar-refractivity contribution is 9.10. The number of benzene rings is 3. The van der Waals surface area contributed by atoms with Crippen LogP contribution in [0, 0.1) is 0 Å². The number of rotatable bonds is 5. The van der Waals surface area contributed by atoms with Crippen LogP contribution in [-0.2, 0) is 0 Å². The van der Waals surface area contributed by atoms with Gasteiger partial charge in [-0.1, -0.05) is 52.3 Å². The van der Waals surface area contributed by atoms with E-state index >= 15 is 0 Å². The van der Waals surface area contributed by atoms with E-state index in [0.29, 0.717) is 0 Å². The van der Waals surface area contributed by atoms with E-state index in [9.17, 15) is 0 Å². The second-order valence-corrected chi connectivity index (χ2v) is 9.38. The summed E-state index contributed by atoms with van der Waals surface area (Å²) in [7, 11) is 4.98. The SMILES string of the molecule is [B][P+](CNc1ccc(Br)cc1)(c1ccccc1)c1ccccc1. The molecule has 3 aromatic rings. The van der Waals surface area contributed by atoms with Gasteiger partial charge in [0.1, 0.15) is 6.29 Å². The van der Waals surface area contributed by atoms with Gasteiger partial charge in [-0.2, -0.15) is 0 Å². The van der Waals surface area contributed by atoms with Gasteiger partial charge in [0.15, 0.2) is 0 Å². The van der Waals surface area contributed by atoms with E-state index in [2.05, 4.69) is 81.9 Å². The van der Waals surface area contributed by atoms with Gasteiger partial charge in [-0.05, 0) is 48.5 Å². The minimum atomic E-state index is -1.97. The second kappa shape index (κ2) is 7.34. The Labute approximate surface area is 148 Å². The second-order valence-electron chi connectivity index (χ2n) is 5.38. The summed E-state index contributed by atoms with van der Waals surface area (Å²) >= 11 is 3.46. The maximum absolute atomic E-state index is 6.96. The molecular weight excluding hydrogens is 364 g/mol. The molecule has 0 unspecified atom stereocenters. The molecule has 0 amide bonds. The molecule has 2 radical (unpaired) electrons. The van der Waals surface area contributed by atoms with Crippen LogP contribution in [0.25, 0.3) is 0 Å². The molecule has 0 heterocycles. The van der Waals surface area contributed by atoms with Gasteiger partial charge in [0, 0.05) is 17.3 Å². The van der Waals surface area contributed by atoms with Gasteiger partial charge < -0.3 is 5.32 Å². The molecule has 0 saturated carbocycles. The fraction of sp³-hybridized carbons (Fsp3) is 0.0526. The Morgan fingerprint density at radius 3 is 1.70 bits per heavy atom. The lowest BCUT2D eigenvalue weighted by Gasteiger charge is -2.24. The van der Waals surface area contributed by atoms with Crippen molar-refractivity contribution in [2.24, 2.45) is 0 Å². The molecule has 0 spiro atoms. The molecule has 0 saturated heterocycles. The Balaban J connectivity index is 1.91. The quantitative estimate of drug-likeness (QED) is 0.505. The van der Waals surface area contributed by atoms with Crippen LogP contribution in [0.5, 0.6) is 0 Å². The van der Waals surface area contributed by atoms with E-state index in [1.165, 1.54) is 10.6 Å². The average Bonchev–Trinajstić information content (AvgIpc) is 2.62. The molecule has 1 N–H and O–H groups in total. The summed E-state index contributed by atoms with van der Waals surface area (Å²) in [4.78, 5) is 0. The highest BCUT2D eigenvalue weighted by Crippen LogP contribution is 2.50. The number of hydrogen-bond donors (Lipinski definition) is 1. The maximum Gasteiger partial charge on any atom is 0.379 e. The van der Waals surface area contributed by atoms with Gasteiger partial charge in [-0.15, -0.1) is 0 Å². The first-order valence-electron chi connectivity index (χ1n) is 7.46. The van der Waals surface area contributed by atoms with Crippen LogP contribution in [0.1, 0.15) is 0 Å². The predicted octanol–water partition coefficient (Wildman–Crippen LogP) is 4.57. The van der Waals surface area contributed by atoms with Gasteiger partial charge in [0.05, 0.1) is 10.6 Å². The average molecular weight is 381 g/mol. The third-order valence-electron chi connectivity index (χ3n) is 3.81. The van der Waals surface area contributed by atoms with E-state index in [-0.39, 0.29) is 0 Å². The van der Waals surface area contributed by atoms with Crippen LogP contribution in [0.15, 0.2) is 89.4 Å². The summed E-state index contributed by atoms with van der Waals surface area (Å²) in [6, 6.07) is 29.0. The lowest BCUT2D eigenvalue weighted by molar-refractivity contribution is 1.44. The van der Waals surface area contributed by atoms with Crippen molar-refractivity contribution in [2.45, 2.75) is 0 Å². The number of nitrogens with one attached hydrogen (secondary N) is 1. The molecule has 0 aliphatic carbocycles. The minimum Gasteiger partial charge on any atom is -0.354 e. The summed E-state index contributed by atoms with van der Waals surface area (Å²) in [5.74, 6) is 0. The summed E-state index contributed by atoms with van der Waals surface area (Å²) in [5.41, 5.74) is 1.08. The van der Waals surface area contributed by atoms with Crippen LogP contribution in [0.2, 0.25) is 0 Å². The molecule has 4 heteroatoms. The molecule has 0 aliphatic rings. The van der Waals surface area contributed by atoms with E-state index in [4.69, 9.17) is 7.57 Å². The van der Waals surface area contributed by atoms with Gasteiger partial charge in [0.25, 0.3) is 0 Å². The number of hydrogen-bond acceptors (Lipinski definition) is 1. The standard InChI is InChI=1S/C19H17BBrNP/c20-23(18-7-3-1-4-8-18,19-9-5-2-6-10-19)15-22-17-13-11-16(21)12-14-17/h1-14,22H,15H2/q+1. The van der Waals surface area contributed by atoms with Gasteiger partial charge in [0.2, 0.25) is 0 Å². The third-order valence-corrected chi connectivity index (χ3v) is 7.44. The largest absolute Gasteiger partial charge is 0.379 e. The van der Waals surface area contributed by atoms with Crippen LogP contribution in [-0.4, -0.2) is 13.9 Å². The number of anilines is 1. The van der Waals surface area contributed by atoms with Gasteiger partial charge >= 0.3 is 7.57 Å². The molecule has 23 heavy (non-hydrogen) atoms. The van der Waals surface area contributed by atoms with Crippen molar-refractivity contribution in [3.8, 4) is 0 Å². The van der Waals surface area contributed by atoms with Crippen molar-refractivity contribution < 1.29 is 0 Å². The predicted molar refractivity (Wildman–Crippen MR) is 107 cm³/mol. The zero-order valence-corrected chi connectivity index (χ0v) is 15.2. The minimum absolute atomic E-state index is 0.725. The Hall–Kier alpha value is -1.57. The first-order valence-corrected chi connectivity index (χ1v) is 10.3. The molecule has 0 bridgehead atoms. The third kappa shape index (κ3) is 3.86. The monoisotopic (exact) mass is 380 g/mol. The maximum atomic E-state index is 6.96. The fourth-order valence-corrected chi connectivity index (χ4v) is 5.27. The Kier molecular flexibility index (Phi) is 5.20. The molecule has 0 atom stereocenters. The summed E-state index contributed by atoms with van der Waals surface area (Å²) < 4.78 is 1.07. The lowest BCUT2D eigenvalue weighted by atomic mass is 10.3. The van der Waals surface area contributed by atoms with E-state index in [0.717, 1.165) is 16.4 Å². The smallest absolute Gasteiger partial charge is 0.354 e. The normalized spacial score (nSPS) is 11.2. The topological polar surface area (TPSA) is 12.0 Å². The van der Waals surface area contributed by atoms with Crippen molar-refractivity contribution in [1.29, 1.82) is 0 Å². The summed E-state index contributed by atoms with van der Waals surface area (Å²) in [6.45, 7) is 0. The Morgan fingerprint density at radius 2 is 1.22 bits per heavy atom. The molecule has 3 aromatic carbocycles. The fourth-order valence-electron chi connectivity index (χ4n) is 2.50.